The number of H-pyrrole nitrogens is 1. The van der Waals surface area contributed by atoms with Gasteiger partial charge in [-0.2, -0.15) is 4.98 Å². The molecule has 0 spiro atoms. The van der Waals surface area contributed by atoms with Crippen LogP contribution >= 0.6 is 11.6 Å². The fourth-order valence-electron chi connectivity index (χ4n) is 4.09. The molecule has 0 saturated carbocycles. The van der Waals surface area contributed by atoms with E-state index in [1.165, 1.54) is 10.6 Å². The highest BCUT2D eigenvalue weighted by molar-refractivity contribution is 6.31. The molecule has 1 N–H and O–H groups in total. The smallest absolute Gasteiger partial charge is 0.328 e. The topological polar surface area (TPSA) is 90.6 Å². The highest BCUT2D eigenvalue weighted by atomic mass is 35.5. The van der Waals surface area contributed by atoms with E-state index in [1.54, 1.807) is 41.4 Å². The van der Waals surface area contributed by atoms with Gasteiger partial charge in [0.05, 0.1) is 29.9 Å². The zero-order valence-electron chi connectivity index (χ0n) is 15.9. The molecule has 1 atom stereocenters. The molecular weight excluding hydrogens is 423 g/mol. The van der Waals surface area contributed by atoms with E-state index in [0.29, 0.717) is 40.7 Å². The molecule has 3 aromatic heterocycles. The molecule has 0 amide bonds. The second kappa shape index (κ2) is 6.64. The lowest BCUT2D eigenvalue weighted by molar-refractivity contribution is 0.244. The van der Waals surface area contributed by atoms with Gasteiger partial charge in [-0.15, -0.1) is 0 Å². The summed E-state index contributed by atoms with van der Waals surface area (Å²) < 4.78 is 23.0. The normalized spacial score (nSPS) is 15.9. The zero-order valence-corrected chi connectivity index (χ0v) is 16.7. The summed E-state index contributed by atoms with van der Waals surface area (Å²) in [4.78, 5) is 29.1. The third kappa shape index (κ3) is 2.73. The van der Waals surface area contributed by atoms with Crippen molar-refractivity contribution < 1.29 is 9.13 Å². The van der Waals surface area contributed by atoms with Gasteiger partial charge >= 0.3 is 5.69 Å². The number of aromatic nitrogens is 6. The van der Waals surface area contributed by atoms with Gasteiger partial charge in [0.15, 0.2) is 17.2 Å². The third-order valence-electron chi connectivity index (χ3n) is 5.48. The van der Waals surface area contributed by atoms with Crippen molar-refractivity contribution in [2.75, 3.05) is 6.61 Å². The Balaban J connectivity index is 1.56. The summed E-state index contributed by atoms with van der Waals surface area (Å²) in [7, 11) is 0. The number of para-hydroxylation sites is 1. The quantitative estimate of drug-likeness (QED) is 0.456. The summed E-state index contributed by atoms with van der Waals surface area (Å²) in [5.74, 6) is 0.0632. The van der Waals surface area contributed by atoms with Gasteiger partial charge in [0.2, 0.25) is 5.95 Å². The van der Waals surface area contributed by atoms with E-state index in [9.17, 15) is 9.18 Å². The van der Waals surface area contributed by atoms with E-state index in [2.05, 4.69) is 19.9 Å². The summed E-state index contributed by atoms with van der Waals surface area (Å²) in [6, 6.07) is 9.65. The fraction of sp³-hybridized carbons (Fsp3) is 0.143. The van der Waals surface area contributed by atoms with E-state index in [0.717, 1.165) is 11.0 Å². The maximum absolute atomic E-state index is 14.3. The molecule has 2 aromatic carbocycles. The molecule has 1 unspecified atom stereocenters. The lowest BCUT2D eigenvalue weighted by Gasteiger charge is -2.26. The van der Waals surface area contributed by atoms with Crippen molar-refractivity contribution in [1.82, 2.24) is 29.1 Å². The van der Waals surface area contributed by atoms with Crippen molar-refractivity contribution in [3.8, 4) is 11.7 Å². The Bertz CT molecular complexity index is 1540. The van der Waals surface area contributed by atoms with Crippen molar-refractivity contribution in [3.63, 3.8) is 0 Å². The Morgan fingerprint density at radius 2 is 2.13 bits per heavy atom. The van der Waals surface area contributed by atoms with Crippen LogP contribution in [0.25, 0.3) is 28.1 Å². The van der Waals surface area contributed by atoms with Crippen molar-refractivity contribution in [2.24, 2.45) is 0 Å². The minimum atomic E-state index is -0.452. The Morgan fingerprint density at radius 1 is 1.23 bits per heavy atom. The number of fused-ring (bicyclic) bond motifs is 3. The molecule has 10 heteroatoms. The van der Waals surface area contributed by atoms with Crippen molar-refractivity contribution in [2.45, 2.75) is 12.5 Å². The van der Waals surface area contributed by atoms with Crippen LogP contribution in [0, 0.1) is 5.82 Å². The number of hydrogen-bond acceptors (Lipinski definition) is 5. The molecule has 1 aliphatic rings. The van der Waals surface area contributed by atoms with Crippen molar-refractivity contribution >= 4 is 33.8 Å². The summed E-state index contributed by atoms with van der Waals surface area (Å²) in [6.45, 7) is 0.292. The number of hydrogen-bond donors (Lipinski definition) is 1. The zero-order chi connectivity index (χ0) is 21.1. The maximum atomic E-state index is 14.3. The van der Waals surface area contributed by atoms with Crippen LogP contribution in [0.4, 0.5) is 4.39 Å². The van der Waals surface area contributed by atoms with Gasteiger partial charge in [0, 0.05) is 17.0 Å². The second-order valence-corrected chi connectivity index (χ2v) is 7.70. The number of imidazole rings is 2. The highest BCUT2D eigenvalue weighted by Gasteiger charge is 2.28. The first-order valence-corrected chi connectivity index (χ1v) is 9.99. The number of ether oxygens (including phenoxy) is 1. The standard InChI is InChI=1S/C21H14ClFN6O2/c22-11-4-5-14-17(8-11)28(10-25-14)20-24-9-15-19(27-20)29(21(30)26-15)16-6-7-31-18-12(16)2-1-3-13(18)23/h1-5,8-10,16H,6-7H2,(H,26,30). The molecule has 5 aromatic rings. The Kier molecular flexibility index (Phi) is 3.87. The van der Waals surface area contributed by atoms with E-state index in [-0.39, 0.29) is 11.4 Å². The minimum absolute atomic E-state index is 0.171. The monoisotopic (exact) mass is 436 g/mol. The summed E-state index contributed by atoms with van der Waals surface area (Å²) in [5.41, 5.74) is 2.65. The van der Waals surface area contributed by atoms with Gasteiger partial charge in [0.1, 0.15) is 11.8 Å². The Labute approximate surface area is 178 Å². The van der Waals surface area contributed by atoms with Crippen LogP contribution in [0.2, 0.25) is 5.02 Å². The predicted molar refractivity (Wildman–Crippen MR) is 112 cm³/mol. The maximum Gasteiger partial charge on any atom is 0.328 e. The van der Waals surface area contributed by atoms with Gasteiger partial charge < -0.3 is 9.72 Å². The van der Waals surface area contributed by atoms with Crippen LogP contribution in [-0.4, -0.2) is 35.7 Å². The molecule has 4 heterocycles. The van der Waals surface area contributed by atoms with Crippen LogP contribution in [0.1, 0.15) is 18.0 Å². The Morgan fingerprint density at radius 3 is 3.03 bits per heavy atom. The number of halogens is 2. The average Bonchev–Trinajstić information content (AvgIpc) is 3.33. The number of nitrogens with one attached hydrogen (secondary N) is 1. The molecule has 1 aliphatic heterocycles. The SMILES string of the molecule is O=c1[nH]c2cnc(-n3cnc4ccc(Cl)cc43)nc2n1C1CCOc2c(F)cccc21. The molecule has 0 radical (unpaired) electrons. The van der Waals surface area contributed by atoms with Crippen LogP contribution in [0.5, 0.6) is 5.75 Å². The molecule has 31 heavy (non-hydrogen) atoms. The molecule has 0 saturated heterocycles. The number of aromatic amines is 1. The van der Waals surface area contributed by atoms with Crippen molar-refractivity contribution in [1.29, 1.82) is 0 Å². The first kappa shape index (κ1) is 18.1. The van der Waals surface area contributed by atoms with Crippen LogP contribution in [0.3, 0.4) is 0 Å². The second-order valence-electron chi connectivity index (χ2n) is 7.27. The minimum Gasteiger partial charge on any atom is -0.490 e. The largest absolute Gasteiger partial charge is 0.490 e. The van der Waals surface area contributed by atoms with Crippen LogP contribution in [-0.2, 0) is 0 Å². The first-order valence-electron chi connectivity index (χ1n) is 9.61. The predicted octanol–water partition coefficient (Wildman–Crippen LogP) is 3.62. The number of rotatable bonds is 2. The lowest BCUT2D eigenvalue weighted by Crippen LogP contribution is -2.28. The molecular formula is C21H14ClFN6O2. The van der Waals surface area contributed by atoms with E-state index in [1.807, 2.05) is 6.07 Å². The van der Waals surface area contributed by atoms with Crippen LogP contribution < -0.4 is 10.4 Å². The summed E-state index contributed by atoms with van der Waals surface area (Å²) in [6.07, 6.45) is 3.67. The van der Waals surface area contributed by atoms with E-state index in [4.69, 9.17) is 16.3 Å². The first-order chi connectivity index (χ1) is 15.1. The van der Waals surface area contributed by atoms with Gasteiger partial charge in [-0.3, -0.25) is 9.13 Å². The third-order valence-corrected chi connectivity index (χ3v) is 5.71. The van der Waals surface area contributed by atoms with Gasteiger partial charge in [0.25, 0.3) is 0 Å². The molecule has 0 bridgehead atoms. The lowest BCUT2D eigenvalue weighted by atomic mass is 10.00. The van der Waals surface area contributed by atoms with E-state index >= 15 is 0 Å². The van der Waals surface area contributed by atoms with Crippen molar-refractivity contribution in [3.05, 3.63) is 75.8 Å². The molecule has 0 fully saturated rings. The summed E-state index contributed by atoms with van der Waals surface area (Å²) >= 11 is 6.15. The molecule has 154 valence electrons. The van der Waals surface area contributed by atoms with Crippen LogP contribution in [0.15, 0.2) is 53.7 Å². The number of benzene rings is 2. The van der Waals surface area contributed by atoms with Gasteiger partial charge in [-0.1, -0.05) is 23.7 Å². The van der Waals surface area contributed by atoms with Gasteiger partial charge in [-0.25, -0.2) is 19.2 Å². The average molecular weight is 437 g/mol. The molecule has 8 nitrogen and oxygen atoms in total. The van der Waals surface area contributed by atoms with E-state index < -0.39 is 11.9 Å². The molecule has 0 aliphatic carbocycles. The fourth-order valence-corrected chi connectivity index (χ4v) is 4.26. The molecule has 6 rings (SSSR count). The summed E-state index contributed by atoms with van der Waals surface area (Å²) in [5, 5.41) is 0.565. The number of nitrogens with zero attached hydrogens (tertiary/aromatic N) is 5. The van der Waals surface area contributed by atoms with Gasteiger partial charge in [-0.05, 0) is 24.3 Å². The Hall–Kier alpha value is -3.72. The highest BCUT2D eigenvalue weighted by Crippen LogP contribution is 2.36.